The van der Waals surface area contributed by atoms with Crippen LogP contribution in [0.25, 0.3) is 0 Å². The van der Waals surface area contributed by atoms with Crippen LogP contribution in [0.4, 0.5) is 0 Å². The first-order chi connectivity index (χ1) is 15.3. The standard InChI is InChI=1S/C29H38O2/c1-3-5-11-29-27(23-12-14-25(19-23)30-18-4-2)16-13-24-20-26(15-17-28(24)29)31-21-22-9-7-6-8-10-22/h4,6-10,15,17,20,23,25,27,29H,2-3,5,11-14,16,18-19,21H2,1H3/t23-,25+,27+,29+/m1/s1. The molecule has 2 nitrogen and oxygen atoms in total. The fourth-order valence-corrected chi connectivity index (χ4v) is 5.82. The van der Waals surface area contributed by atoms with Crippen LogP contribution in [0.5, 0.6) is 5.75 Å². The maximum atomic E-state index is 6.13. The van der Waals surface area contributed by atoms with Gasteiger partial charge in [0.2, 0.25) is 0 Å². The Morgan fingerprint density at radius 1 is 1.06 bits per heavy atom. The third-order valence-corrected chi connectivity index (χ3v) is 7.38. The predicted molar refractivity (Wildman–Crippen MR) is 129 cm³/mol. The molecule has 2 heteroatoms. The summed E-state index contributed by atoms with van der Waals surface area (Å²) in [5, 5.41) is 0. The van der Waals surface area contributed by atoms with Crippen LogP contribution in [0, 0.1) is 11.8 Å². The molecule has 1 fully saturated rings. The third kappa shape index (κ3) is 5.60. The lowest BCUT2D eigenvalue weighted by Gasteiger charge is -2.38. The van der Waals surface area contributed by atoms with Gasteiger partial charge < -0.3 is 9.47 Å². The molecule has 0 aliphatic heterocycles. The van der Waals surface area contributed by atoms with Crippen molar-refractivity contribution in [3.63, 3.8) is 0 Å². The minimum absolute atomic E-state index is 0.435. The van der Waals surface area contributed by atoms with E-state index in [0.29, 0.717) is 25.2 Å². The van der Waals surface area contributed by atoms with E-state index >= 15 is 0 Å². The Labute approximate surface area is 188 Å². The molecule has 0 heterocycles. The first kappa shape index (κ1) is 22.1. The van der Waals surface area contributed by atoms with Crippen LogP contribution < -0.4 is 4.74 Å². The van der Waals surface area contributed by atoms with Gasteiger partial charge in [0.15, 0.2) is 0 Å². The summed E-state index contributed by atoms with van der Waals surface area (Å²) in [5.41, 5.74) is 4.32. The van der Waals surface area contributed by atoms with Crippen LogP contribution in [0.1, 0.15) is 74.5 Å². The fourth-order valence-electron chi connectivity index (χ4n) is 5.82. The van der Waals surface area contributed by atoms with Gasteiger partial charge in [-0.25, -0.2) is 0 Å². The number of hydrogen-bond donors (Lipinski definition) is 0. The highest BCUT2D eigenvalue weighted by atomic mass is 16.5. The third-order valence-electron chi connectivity index (χ3n) is 7.38. The van der Waals surface area contributed by atoms with Crippen molar-refractivity contribution in [3.05, 3.63) is 77.9 Å². The zero-order valence-electron chi connectivity index (χ0n) is 19.1. The Kier molecular flexibility index (Phi) is 7.86. The zero-order chi connectivity index (χ0) is 21.5. The van der Waals surface area contributed by atoms with Crippen molar-refractivity contribution in [2.24, 2.45) is 11.8 Å². The van der Waals surface area contributed by atoms with Gasteiger partial charge in [-0.3, -0.25) is 0 Å². The highest BCUT2D eigenvalue weighted by Gasteiger charge is 2.38. The van der Waals surface area contributed by atoms with Crippen molar-refractivity contribution in [1.29, 1.82) is 0 Å². The Morgan fingerprint density at radius 3 is 2.74 bits per heavy atom. The van der Waals surface area contributed by atoms with E-state index in [1.807, 2.05) is 12.1 Å². The lowest BCUT2D eigenvalue weighted by atomic mass is 9.67. The van der Waals surface area contributed by atoms with Crippen molar-refractivity contribution in [3.8, 4) is 5.75 Å². The summed E-state index contributed by atoms with van der Waals surface area (Å²) in [6.45, 7) is 7.44. The predicted octanol–water partition coefficient (Wildman–Crippen LogP) is 7.47. The van der Waals surface area contributed by atoms with E-state index in [1.165, 1.54) is 62.5 Å². The zero-order valence-corrected chi connectivity index (χ0v) is 19.1. The monoisotopic (exact) mass is 418 g/mol. The van der Waals surface area contributed by atoms with Crippen LogP contribution >= 0.6 is 0 Å². The summed E-state index contributed by atoms with van der Waals surface area (Å²) in [6, 6.07) is 17.3. The molecule has 0 spiro atoms. The van der Waals surface area contributed by atoms with Gasteiger partial charge in [0.05, 0.1) is 12.7 Å². The van der Waals surface area contributed by atoms with Gasteiger partial charge in [-0.2, -0.15) is 0 Å². The molecule has 2 aliphatic rings. The topological polar surface area (TPSA) is 18.5 Å². The van der Waals surface area contributed by atoms with E-state index in [2.05, 4.69) is 56.0 Å². The molecule has 2 aromatic carbocycles. The van der Waals surface area contributed by atoms with E-state index in [0.717, 1.165) is 17.6 Å². The van der Waals surface area contributed by atoms with Gasteiger partial charge in [0.1, 0.15) is 12.4 Å². The van der Waals surface area contributed by atoms with Crippen molar-refractivity contribution in [2.45, 2.75) is 76.9 Å². The minimum atomic E-state index is 0.435. The Bertz CT molecular complexity index is 828. The summed E-state index contributed by atoms with van der Waals surface area (Å²) in [4.78, 5) is 0. The Balaban J connectivity index is 1.45. The molecule has 0 bridgehead atoms. The number of benzene rings is 2. The summed E-state index contributed by atoms with van der Waals surface area (Å²) in [5.74, 6) is 3.30. The number of aryl methyl sites for hydroxylation is 1. The van der Waals surface area contributed by atoms with Crippen LogP contribution in [0.15, 0.2) is 61.2 Å². The molecular weight excluding hydrogens is 380 g/mol. The highest BCUT2D eigenvalue weighted by Crippen LogP contribution is 2.48. The number of ether oxygens (including phenoxy) is 2. The normalized spacial score (nSPS) is 25.2. The molecule has 0 amide bonds. The number of hydrogen-bond acceptors (Lipinski definition) is 2. The van der Waals surface area contributed by atoms with Gasteiger partial charge in [-0.1, -0.05) is 62.2 Å². The number of unbranched alkanes of at least 4 members (excludes halogenated alkanes) is 1. The molecule has 4 atom stereocenters. The van der Waals surface area contributed by atoms with E-state index in [9.17, 15) is 0 Å². The second kappa shape index (κ2) is 11.0. The molecule has 4 rings (SSSR count). The van der Waals surface area contributed by atoms with Crippen molar-refractivity contribution >= 4 is 0 Å². The number of fused-ring (bicyclic) bond motifs is 1. The van der Waals surface area contributed by atoms with Gasteiger partial charge >= 0.3 is 0 Å². The second-order valence-corrected chi connectivity index (χ2v) is 9.40. The molecule has 2 aliphatic carbocycles. The molecule has 0 aromatic heterocycles. The van der Waals surface area contributed by atoms with Gasteiger partial charge in [-0.05, 0) is 85.1 Å². The Morgan fingerprint density at radius 2 is 1.94 bits per heavy atom. The van der Waals surface area contributed by atoms with Crippen molar-refractivity contribution in [1.82, 2.24) is 0 Å². The lowest BCUT2D eigenvalue weighted by Crippen LogP contribution is -2.27. The van der Waals surface area contributed by atoms with Crippen LogP contribution in [-0.2, 0) is 17.8 Å². The summed E-state index contributed by atoms with van der Waals surface area (Å²) >= 11 is 0. The maximum Gasteiger partial charge on any atom is 0.120 e. The highest BCUT2D eigenvalue weighted by molar-refractivity contribution is 5.40. The molecule has 0 N–H and O–H groups in total. The molecule has 1 saturated carbocycles. The number of rotatable bonds is 10. The van der Waals surface area contributed by atoms with E-state index in [1.54, 1.807) is 5.56 Å². The van der Waals surface area contributed by atoms with E-state index in [-0.39, 0.29) is 0 Å². The van der Waals surface area contributed by atoms with Crippen molar-refractivity contribution in [2.75, 3.05) is 6.61 Å². The molecule has 0 unspecified atom stereocenters. The smallest absolute Gasteiger partial charge is 0.120 e. The molecule has 2 aromatic rings. The molecule has 0 saturated heterocycles. The fraction of sp³-hybridized carbons (Fsp3) is 0.517. The first-order valence-corrected chi connectivity index (χ1v) is 12.3. The second-order valence-electron chi connectivity index (χ2n) is 9.40. The molecule has 0 radical (unpaired) electrons. The quantitative estimate of drug-likeness (QED) is 0.372. The summed E-state index contributed by atoms with van der Waals surface area (Å²) in [6.07, 6.45) is 12.5. The average Bonchev–Trinajstić information content (AvgIpc) is 3.29. The summed E-state index contributed by atoms with van der Waals surface area (Å²) in [7, 11) is 0. The van der Waals surface area contributed by atoms with Gasteiger partial charge in [0, 0.05) is 0 Å². The Hall–Kier alpha value is -2.06. The minimum Gasteiger partial charge on any atom is -0.489 e. The molecular formula is C29H38O2. The first-order valence-electron chi connectivity index (χ1n) is 12.3. The average molecular weight is 419 g/mol. The largest absolute Gasteiger partial charge is 0.489 e. The molecule has 166 valence electrons. The molecule has 31 heavy (non-hydrogen) atoms. The van der Waals surface area contributed by atoms with Crippen LogP contribution in [-0.4, -0.2) is 12.7 Å². The van der Waals surface area contributed by atoms with Crippen LogP contribution in [0.2, 0.25) is 0 Å². The lowest BCUT2D eigenvalue weighted by molar-refractivity contribution is 0.0722. The van der Waals surface area contributed by atoms with E-state index in [4.69, 9.17) is 9.47 Å². The maximum absolute atomic E-state index is 6.13. The summed E-state index contributed by atoms with van der Waals surface area (Å²) < 4.78 is 12.1. The van der Waals surface area contributed by atoms with Crippen molar-refractivity contribution < 1.29 is 9.47 Å². The van der Waals surface area contributed by atoms with E-state index < -0.39 is 0 Å². The SMILES string of the molecule is C=CCO[C@H]1CC[C@@H]([C@@H]2CCc3cc(OCc4ccccc4)ccc3[C@H]2CCCC)C1. The van der Waals surface area contributed by atoms with Crippen LogP contribution in [0.3, 0.4) is 0 Å². The van der Waals surface area contributed by atoms with Gasteiger partial charge in [0.25, 0.3) is 0 Å². The van der Waals surface area contributed by atoms with Gasteiger partial charge in [-0.15, -0.1) is 6.58 Å².